The van der Waals surface area contributed by atoms with Gasteiger partial charge in [0.05, 0.1) is 25.1 Å². The van der Waals surface area contributed by atoms with Crippen molar-refractivity contribution < 1.29 is 4.74 Å². The smallest absolute Gasteiger partial charge is 0.146 e. The van der Waals surface area contributed by atoms with Gasteiger partial charge in [-0.25, -0.2) is 9.97 Å². The molecule has 1 aliphatic heterocycles. The molecule has 24 heavy (non-hydrogen) atoms. The van der Waals surface area contributed by atoms with Crippen molar-refractivity contribution >= 4 is 27.4 Å². The topological polar surface area (TPSA) is 50.3 Å². The van der Waals surface area contributed by atoms with E-state index in [-0.39, 0.29) is 0 Å². The van der Waals surface area contributed by atoms with Gasteiger partial charge in [-0.15, -0.1) is 11.3 Å². The zero-order chi connectivity index (χ0) is 17.3. The Kier molecular flexibility index (Phi) is 5.37. The summed E-state index contributed by atoms with van der Waals surface area (Å²) >= 11 is 1.77. The van der Waals surface area contributed by atoms with Gasteiger partial charge in [-0.2, -0.15) is 0 Å². The van der Waals surface area contributed by atoms with Crippen molar-refractivity contribution in [1.82, 2.24) is 14.9 Å². The minimum atomic E-state index is 0.374. The van der Waals surface area contributed by atoms with Crippen molar-refractivity contribution in [2.24, 2.45) is 5.92 Å². The Morgan fingerprint density at radius 1 is 1.17 bits per heavy atom. The van der Waals surface area contributed by atoms with Gasteiger partial charge in [0.25, 0.3) is 0 Å². The minimum Gasteiger partial charge on any atom is -0.379 e. The highest BCUT2D eigenvalue weighted by Crippen LogP contribution is 2.34. The van der Waals surface area contributed by atoms with E-state index in [4.69, 9.17) is 14.7 Å². The summed E-state index contributed by atoms with van der Waals surface area (Å²) in [6, 6.07) is 0.374. The molecular formula is C18H28N4OS. The van der Waals surface area contributed by atoms with Crippen molar-refractivity contribution in [3.05, 3.63) is 16.3 Å². The van der Waals surface area contributed by atoms with Gasteiger partial charge in [0.15, 0.2) is 0 Å². The van der Waals surface area contributed by atoms with Crippen LogP contribution in [-0.4, -0.2) is 47.2 Å². The van der Waals surface area contributed by atoms with E-state index in [0.717, 1.165) is 49.3 Å². The summed E-state index contributed by atoms with van der Waals surface area (Å²) in [5.74, 6) is 2.45. The predicted octanol–water partition coefficient (Wildman–Crippen LogP) is 3.60. The molecule has 1 N–H and O–H groups in total. The number of fused-ring (bicyclic) bond motifs is 1. The molecule has 1 aliphatic rings. The predicted molar refractivity (Wildman–Crippen MR) is 101 cm³/mol. The Morgan fingerprint density at radius 2 is 1.88 bits per heavy atom. The average molecular weight is 349 g/mol. The summed E-state index contributed by atoms with van der Waals surface area (Å²) in [7, 11) is 0. The van der Waals surface area contributed by atoms with Crippen molar-refractivity contribution in [2.75, 3.05) is 31.6 Å². The standard InChI is InChI=1S/C18H28N4OS/c1-11(2)13(4)19-17-16-12(3)14(5)24-18(16)21-15(20-17)10-22-6-8-23-9-7-22/h11,13H,6-10H2,1-5H3,(H,19,20,21)/t13-/m1/s1. The van der Waals surface area contributed by atoms with Gasteiger partial charge in [-0.1, -0.05) is 13.8 Å². The third kappa shape index (κ3) is 3.71. The molecule has 3 rings (SSSR count). The van der Waals surface area contributed by atoms with Gasteiger partial charge >= 0.3 is 0 Å². The molecule has 0 aliphatic carbocycles. The van der Waals surface area contributed by atoms with Gasteiger partial charge in [0.1, 0.15) is 16.5 Å². The van der Waals surface area contributed by atoms with Crippen LogP contribution in [-0.2, 0) is 11.3 Å². The Hall–Kier alpha value is -1.24. The third-order valence-corrected chi connectivity index (χ3v) is 6.01. The van der Waals surface area contributed by atoms with Crippen LogP contribution in [0.3, 0.4) is 0 Å². The van der Waals surface area contributed by atoms with E-state index < -0.39 is 0 Å². The van der Waals surface area contributed by atoms with Crippen molar-refractivity contribution in [3.63, 3.8) is 0 Å². The van der Waals surface area contributed by atoms with Gasteiger partial charge < -0.3 is 10.1 Å². The monoisotopic (exact) mass is 348 g/mol. The van der Waals surface area contributed by atoms with Crippen LogP contribution in [0.1, 0.15) is 37.0 Å². The molecule has 0 aromatic carbocycles. The van der Waals surface area contributed by atoms with Crippen molar-refractivity contribution in [3.8, 4) is 0 Å². The summed E-state index contributed by atoms with van der Waals surface area (Å²) in [4.78, 5) is 14.5. The maximum Gasteiger partial charge on any atom is 0.146 e. The average Bonchev–Trinajstić information content (AvgIpc) is 2.83. The number of ether oxygens (including phenoxy) is 1. The van der Waals surface area contributed by atoms with Crippen LogP contribution in [0, 0.1) is 19.8 Å². The first-order valence-corrected chi connectivity index (χ1v) is 9.60. The minimum absolute atomic E-state index is 0.374. The number of nitrogens with one attached hydrogen (secondary N) is 1. The lowest BCUT2D eigenvalue weighted by molar-refractivity contribution is 0.0331. The lowest BCUT2D eigenvalue weighted by atomic mass is 10.1. The summed E-state index contributed by atoms with van der Waals surface area (Å²) in [5.41, 5.74) is 1.30. The number of aryl methyl sites for hydroxylation is 2. The maximum atomic E-state index is 5.44. The van der Waals surface area contributed by atoms with Crippen LogP contribution in [0.4, 0.5) is 5.82 Å². The van der Waals surface area contributed by atoms with Crippen LogP contribution in [0.5, 0.6) is 0 Å². The highest BCUT2D eigenvalue weighted by atomic mass is 32.1. The van der Waals surface area contributed by atoms with Crippen LogP contribution in [0.2, 0.25) is 0 Å². The van der Waals surface area contributed by atoms with Crippen LogP contribution in [0.15, 0.2) is 0 Å². The highest BCUT2D eigenvalue weighted by molar-refractivity contribution is 7.18. The van der Waals surface area contributed by atoms with Gasteiger partial charge in [0.2, 0.25) is 0 Å². The molecule has 0 bridgehead atoms. The van der Waals surface area contributed by atoms with E-state index in [9.17, 15) is 0 Å². The lowest BCUT2D eigenvalue weighted by Gasteiger charge is -2.26. The molecule has 2 aromatic rings. The number of nitrogens with zero attached hydrogens (tertiary/aromatic N) is 3. The molecular weight excluding hydrogens is 320 g/mol. The largest absolute Gasteiger partial charge is 0.379 e. The summed E-state index contributed by atoms with van der Waals surface area (Å²) in [6.45, 7) is 15.3. The molecule has 0 amide bonds. The van der Waals surface area contributed by atoms with E-state index in [2.05, 4.69) is 44.8 Å². The molecule has 1 fully saturated rings. The summed E-state index contributed by atoms with van der Waals surface area (Å²) in [6.07, 6.45) is 0. The number of anilines is 1. The highest BCUT2D eigenvalue weighted by Gasteiger charge is 2.19. The Labute approximate surface area is 148 Å². The molecule has 0 saturated carbocycles. The van der Waals surface area contributed by atoms with Gasteiger partial charge in [-0.3, -0.25) is 4.90 Å². The van der Waals surface area contributed by atoms with Crippen molar-refractivity contribution in [1.29, 1.82) is 0 Å². The molecule has 3 heterocycles. The van der Waals surface area contributed by atoms with E-state index in [1.54, 1.807) is 11.3 Å². The lowest BCUT2D eigenvalue weighted by Crippen LogP contribution is -2.36. The third-order valence-electron chi connectivity index (χ3n) is 4.91. The normalized spacial score (nSPS) is 17.6. The molecule has 132 valence electrons. The molecule has 0 unspecified atom stereocenters. The van der Waals surface area contributed by atoms with E-state index in [1.165, 1.54) is 15.8 Å². The first-order valence-electron chi connectivity index (χ1n) is 8.79. The fourth-order valence-corrected chi connectivity index (χ4v) is 3.86. The molecule has 0 radical (unpaired) electrons. The number of aromatic nitrogens is 2. The quantitative estimate of drug-likeness (QED) is 0.895. The molecule has 5 nitrogen and oxygen atoms in total. The molecule has 1 saturated heterocycles. The van der Waals surface area contributed by atoms with Crippen LogP contribution < -0.4 is 5.32 Å². The molecule has 6 heteroatoms. The van der Waals surface area contributed by atoms with Crippen LogP contribution >= 0.6 is 11.3 Å². The fraction of sp³-hybridized carbons (Fsp3) is 0.667. The van der Waals surface area contributed by atoms with E-state index in [0.29, 0.717) is 12.0 Å². The number of morpholine rings is 1. The van der Waals surface area contributed by atoms with Crippen LogP contribution in [0.25, 0.3) is 10.2 Å². The second-order valence-corrected chi connectivity index (χ2v) is 8.22. The van der Waals surface area contributed by atoms with E-state index >= 15 is 0 Å². The number of hydrogen-bond acceptors (Lipinski definition) is 6. The zero-order valence-corrected chi connectivity index (χ0v) is 16.2. The Morgan fingerprint density at radius 3 is 2.54 bits per heavy atom. The SMILES string of the molecule is Cc1sc2nc(CN3CCOCC3)nc(N[C@H](C)C(C)C)c2c1C. The number of thiophene rings is 1. The maximum absolute atomic E-state index is 5.44. The molecule has 1 atom stereocenters. The Bertz CT molecular complexity index is 707. The zero-order valence-electron chi connectivity index (χ0n) is 15.3. The van der Waals surface area contributed by atoms with Crippen molar-refractivity contribution in [2.45, 2.75) is 47.2 Å². The number of hydrogen-bond donors (Lipinski definition) is 1. The summed E-state index contributed by atoms with van der Waals surface area (Å²) in [5, 5.41) is 4.82. The fourth-order valence-electron chi connectivity index (χ4n) is 2.81. The second kappa shape index (κ2) is 7.33. The molecule has 0 spiro atoms. The second-order valence-electron chi connectivity index (χ2n) is 7.02. The Balaban J connectivity index is 1.95. The van der Waals surface area contributed by atoms with E-state index in [1.807, 2.05) is 0 Å². The first-order chi connectivity index (χ1) is 11.5. The number of rotatable bonds is 5. The van der Waals surface area contributed by atoms with Gasteiger partial charge in [0, 0.05) is 24.0 Å². The van der Waals surface area contributed by atoms with Gasteiger partial charge in [-0.05, 0) is 32.3 Å². The first kappa shape index (κ1) is 17.6. The summed E-state index contributed by atoms with van der Waals surface area (Å²) < 4.78 is 5.44. The molecule has 2 aromatic heterocycles.